The summed E-state index contributed by atoms with van der Waals surface area (Å²) in [6.07, 6.45) is 3.51. The van der Waals surface area contributed by atoms with E-state index in [9.17, 15) is 4.79 Å². The number of methoxy groups -OCH3 is 4. The summed E-state index contributed by atoms with van der Waals surface area (Å²) in [6.45, 7) is 0.810. The van der Waals surface area contributed by atoms with Crippen LogP contribution in [0.4, 0.5) is 0 Å². The van der Waals surface area contributed by atoms with Gasteiger partial charge in [0.05, 0.1) is 43.0 Å². The van der Waals surface area contributed by atoms with E-state index in [0.717, 1.165) is 25.7 Å². The molecule has 2 heterocycles. The molecule has 5 rings (SSSR count). The summed E-state index contributed by atoms with van der Waals surface area (Å²) >= 11 is 0. The number of hydrogen-bond acceptors (Lipinski definition) is 8. The van der Waals surface area contributed by atoms with E-state index in [1.54, 1.807) is 28.4 Å². The van der Waals surface area contributed by atoms with Crippen LogP contribution in [0.25, 0.3) is 0 Å². The second kappa shape index (κ2) is 8.88. The van der Waals surface area contributed by atoms with Crippen LogP contribution in [-0.4, -0.2) is 84.4 Å². The quantitative estimate of drug-likeness (QED) is 0.597. The van der Waals surface area contributed by atoms with Gasteiger partial charge < -0.3 is 33.2 Å². The number of cyclic esters (lactones) is 1. The number of fused-ring (bicyclic) bond motifs is 3. The zero-order valence-corrected chi connectivity index (χ0v) is 18.9. The summed E-state index contributed by atoms with van der Waals surface area (Å²) in [5, 5.41) is 0. The van der Waals surface area contributed by atoms with Crippen molar-refractivity contribution < 1.29 is 38.0 Å². The molecule has 10 atom stereocenters. The minimum Gasteiger partial charge on any atom is -0.465 e. The molecule has 8 heteroatoms. The largest absolute Gasteiger partial charge is 0.465 e. The molecule has 0 spiro atoms. The predicted octanol–water partition coefficient (Wildman–Crippen LogP) is 1.64. The average Bonchev–Trinajstić information content (AvgIpc) is 3.41. The van der Waals surface area contributed by atoms with Gasteiger partial charge in [0, 0.05) is 34.4 Å². The number of carbonyl (C=O) groups excluding carboxylic acids is 1. The first-order chi connectivity index (χ1) is 15.1. The number of rotatable bonds is 5. The highest BCUT2D eigenvalue weighted by molar-refractivity contribution is 5.75. The van der Waals surface area contributed by atoms with E-state index in [2.05, 4.69) is 0 Å². The first kappa shape index (κ1) is 22.0. The molecule has 5 fully saturated rings. The molecular formula is C23H36O8. The summed E-state index contributed by atoms with van der Waals surface area (Å²) in [7, 11) is 6.95. The van der Waals surface area contributed by atoms with Crippen LogP contribution in [0.15, 0.2) is 0 Å². The van der Waals surface area contributed by atoms with E-state index >= 15 is 0 Å². The van der Waals surface area contributed by atoms with Crippen molar-refractivity contribution in [1.29, 1.82) is 0 Å². The Balaban J connectivity index is 1.49. The Kier molecular flexibility index (Phi) is 6.31. The van der Waals surface area contributed by atoms with Gasteiger partial charge >= 0.3 is 5.97 Å². The molecule has 0 aromatic heterocycles. The predicted molar refractivity (Wildman–Crippen MR) is 108 cm³/mol. The Bertz CT molecular complexity index is 643. The number of ether oxygens (including phenoxy) is 7. The van der Waals surface area contributed by atoms with Crippen molar-refractivity contribution in [1.82, 2.24) is 0 Å². The molecule has 0 N–H and O–H groups in total. The van der Waals surface area contributed by atoms with Gasteiger partial charge in [0.15, 0.2) is 0 Å². The smallest absolute Gasteiger partial charge is 0.309 e. The van der Waals surface area contributed by atoms with Crippen LogP contribution in [-0.2, 0) is 38.0 Å². The van der Waals surface area contributed by atoms with Crippen molar-refractivity contribution in [3.8, 4) is 0 Å². The molecule has 8 nitrogen and oxygen atoms in total. The number of carbonyl (C=O) groups is 1. The molecule has 176 valence electrons. The van der Waals surface area contributed by atoms with Crippen molar-refractivity contribution in [3.63, 3.8) is 0 Å². The van der Waals surface area contributed by atoms with E-state index in [0.29, 0.717) is 25.2 Å². The van der Waals surface area contributed by atoms with Crippen LogP contribution in [0.1, 0.15) is 25.7 Å². The molecule has 2 saturated heterocycles. The van der Waals surface area contributed by atoms with E-state index in [1.165, 1.54) is 0 Å². The third kappa shape index (κ3) is 3.54. The van der Waals surface area contributed by atoms with Crippen LogP contribution >= 0.6 is 0 Å². The topological polar surface area (TPSA) is 81.7 Å². The minimum atomic E-state index is -0.149. The molecule has 7 unspecified atom stereocenters. The Morgan fingerprint density at radius 2 is 1.35 bits per heavy atom. The molecule has 0 aromatic rings. The Morgan fingerprint density at radius 1 is 0.742 bits per heavy atom. The molecule has 31 heavy (non-hydrogen) atoms. The van der Waals surface area contributed by atoms with Crippen molar-refractivity contribution in [2.75, 3.05) is 41.8 Å². The average molecular weight is 441 g/mol. The first-order valence-corrected chi connectivity index (χ1v) is 11.6. The van der Waals surface area contributed by atoms with Crippen molar-refractivity contribution in [2.45, 2.75) is 62.3 Å². The normalized spacial score (nSPS) is 51.7. The highest BCUT2D eigenvalue weighted by Crippen LogP contribution is 2.57. The first-order valence-electron chi connectivity index (χ1n) is 11.6. The lowest BCUT2D eigenvalue weighted by atomic mass is 9.52. The third-order valence-corrected chi connectivity index (χ3v) is 8.94. The molecule has 2 aliphatic heterocycles. The van der Waals surface area contributed by atoms with Gasteiger partial charge in [0.25, 0.3) is 0 Å². The Hall–Kier alpha value is -0.770. The Morgan fingerprint density at radius 3 is 1.94 bits per heavy atom. The van der Waals surface area contributed by atoms with Gasteiger partial charge in [-0.15, -0.1) is 0 Å². The molecule has 0 aromatic carbocycles. The van der Waals surface area contributed by atoms with Gasteiger partial charge in [0.1, 0.15) is 12.9 Å². The summed E-state index contributed by atoms with van der Waals surface area (Å²) in [4.78, 5) is 13.0. The van der Waals surface area contributed by atoms with E-state index in [1.807, 2.05) is 0 Å². The SMILES string of the molecule is COC1CC([C@@H]2C3CC4OCOC4CC3[C@@H](OC)C3COC(=O)[C@@H]32)CC(OC)C1OC. The molecule has 5 aliphatic rings. The van der Waals surface area contributed by atoms with Crippen molar-refractivity contribution >= 4 is 5.97 Å². The van der Waals surface area contributed by atoms with Crippen LogP contribution < -0.4 is 0 Å². The van der Waals surface area contributed by atoms with E-state index in [-0.39, 0.29) is 66.3 Å². The van der Waals surface area contributed by atoms with Gasteiger partial charge in [0.2, 0.25) is 0 Å². The number of esters is 1. The van der Waals surface area contributed by atoms with Gasteiger partial charge in [-0.3, -0.25) is 4.79 Å². The maximum atomic E-state index is 13.0. The molecule has 0 bridgehead atoms. The number of hydrogen-bond donors (Lipinski definition) is 0. The van der Waals surface area contributed by atoms with Crippen LogP contribution in [0.2, 0.25) is 0 Å². The van der Waals surface area contributed by atoms with Crippen LogP contribution in [0.3, 0.4) is 0 Å². The maximum Gasteiger partial charge on any atom is 0.309 e. The van der Waals surface area contributed by atoms with Gasteiger partial charge in [-0.1, -0.05) is 0 Å². The Labute approximate surface area is 184 Å². The summed E-state index contributed by atoms with van der Waals surface area (Å²) in [6, 6.07) is 0. The van der Waals surface area contributed by atoms with Crippen molar-refractivity contribution in [3.05, 3.63) is 0 Å². The minimum absolute atomic E-state index is 0.00890. The zero-order valence-electron chi connectivity index (χ0n) is 18.9. The zero-order chi connectivity index (χ0) is 21.7. The maximum absolute atomic E-state index is 13.0. The van der Waals surface area contributed by atoms with Gasteiger partial charge in [-0.05, 0) is 49.4 Å². The van der Waals surface area contributed by atoms with Gasteiger partial charge in [-0.2, -0.15) is 0 Å². The summed E-state index contributed by atoms with van der Waals surface area (Å²) in [5.41, 5.74) is 0. The summed E-state index contributed by atoms with van der Waals surface area (Å²) < 4.78 is 40.9. The molecule has 0 amide bonds. The second-order valence-corrected chi connectivity index (χ2v) is 9.90. The van der Waals surface area contributed by atoms with Gasteiger partial charge in [-0.25, -0.2) is 0 Å². The molecule has 3 saturated carbocycles. The van der Waals surface area contributed by atoms with Crippen LogP contribution in [0, 0.1) is 35.5 Å². The van der Waals surface area contributed by atoms with Crippen molar-refractivity contribution in [2.24, 2.45) is 35.5 Å². The van der Waals surface area contributed by atoms with E-state index < -0.39 is 0 Å². The summed E-state index contributed by atoms with van der Waals surface area (Å²) in [5.74, 6) is 0.986. The highest BCUT2D eigenvalue weighted by Gasteiger charge is 2.62. The molecular weight excluding hydrogens is 404 g/mol. The monoisotopic (exact) mass is 440 g/mol. The lowest BCUT2D eigenvalue weighted by Gasteiger charge is -2.55. The molecule has 0 radical (unpaired) electrons. The lowest BCUT2D eigenvalue weighted by Crippen LogP contribution is -2.59. The standard InChI is InChI=1S/C23H36O8/c1-25-17-5-11(6-18(26-2)22(17)28-4)19-12-7-15-16(31-10-30-15)8-13(12)21(27-3)14-9-29-23(24)20(14)19/h11-22H,5-10H2,1-4H3/t11?,12?,13?,14?,15?,16?,17?,18?,19-,20+,21-,22?/m1/s1. The van der Waals surface area contributed by atoms with E-state index in [4.69, 9.17) is 33.2 Å². The second-order valence-electron chi connectivity index (χ2n) is 9.90. The fourth-order valence-corrected chi connectivity index (χ4v) is 7.72. The fraction of sp³-hybridized carbons (Fsp3) is 0.957. The third-order valence-electron chi connectivity index (χ3n) is 8.94. The highest BCUT2D eigenvalue weighted by atomic mass is 16.7. The van der Waals surface area contributed by atoms with Crippen LogP contribution in [0.5, 0.6) is 0 Å². The lowest BCUT2D eigenvalue weighted by molar-refractivity contribution is -0.179. The fourth-order valence-electron chi connectivity index (χ4n) is 7.72. The molecule has 3 aliphatic carbocycles.